The van der Waals surface area contributed by atoms with Gasteiger partial charge in [-0.15, -0.1) is 11.3 Å². The van der Waals surface area contributed by atoms with Crippen LogP contribution in [0, 0.1) is 0 Å². The standard InChI is InChI=1S/C21H20N2OS/c24-21(17-10-9-15-5-1-2-6-16(15)13-17)23-14-18-7-3-11-22-20(18)19-8-4-12-25-19/h3-4,7-13H,1-2,5-6,14H2,(H,23,24). The molecule has 0 fully saturated rings. The Kier molecular flexibility index (Phi) is 4.61. The highest BCUT2D eigenvalue weighted by molar-refractivity contribution is 7.13. The molecule has 25 heavy (non-hydrogen) atoms. The Labute approximate surface area is 151 Å². The number of rotatable bonds is 4. The van der Waals surface area contributed by atoms with Crippen molar-refractivity contribution in [1.29, 1.82) is 0 Å². The summed E-state index contributed by atoms with van der Waals surface area (Å²) in [4.78, 5) is 18.2. The van der Waals surface area contributed by atoms with Crippen molar-refractivity contribution >= 4 is 17.2 Å². The molecule has 126 valence electrons. The van der Waals surface area contributed by atoms with E-state index in [2.05, 4.69) is 28.5 Å². The van der Waals surface area contributed by atoms with Crippen molar-refractivity contribution in [3.8, 4) is 10.6 Å². The Morgan fingerprint density at radius 1 is 1.08 bits per heavy atom. The summed E-state index contributed by atoms with van der Waals surface area (Å²) in [6, 6.07) is 14.1. The Morgan fingerprint density at radius 3 is 2.80 bits per heavy atom. The van der Waals surface area contributed by atoms with Gasteiger partial charge in [-0.1, -0.05) is 18.2 Å². The van der Waals surface area contributed by atoms with Crippen LogP contribution in [0.1, 0.15) is 39.9 Å². The summed E-state index contributed by atoms with van der Waals surface area (Å²) in [6.45, 7) is 0.483. The molecule has 0 radical (unpaired) electrons. The summed E-state index contributed by atoms with van der Waals surface area (Å²) in [5.74, 6) is -0.0191. The Hall–Kier alpha value is -2.46. The van der Waals surface area contributed by atoms with Gasteiger partial charge >= 0.3 is 0 Å². The smallest absolute Gasteiger partial charge is 0.251 e. The SMILES string of the molecule is O=C(NCc1cccnc1-c1cccs1)c1ccc2c(c1)CCCC2. The van der Waals surface area contributed by atoms with Crippen LogP contribution in [-0.4, -0.2) is 10.9 Å². The molecule has 0 atom stereocenters. The van der Waals surface area contributed by atoms with Gasteiger partial charge in [0.15, 0.2) is 0 Å². The van der Waals surface area contributed by atoms with E-state index in [1.165, 1.54) is 24.0 Å². The number of amides is 1. The lowest BCUT2D eigenvalue weighted by atomic mass is 9.90. The van der Waals surface area contributed by atoms with Crippen molar-refractivity contribution in [3.63, 3.8) is 0 Å². The van der Waals surface area contributed by atoms with Crippen LogP contribution in [0.25, 0.3) is 10.6 Å². The Balaban J connectivity index is 1.50. The number of hydrogen-bond donors (Lipinski definition) is 1. The first-order valence-electron chi connectivity index (χ1n) is 8.69. The minimum Gasteiger partial charge on any atom is -0.348 e. The molecule has 4 heteroatoms. The van der Waals surface area contributed by atoms with E-state index in [9.17, 15) is 4.79 Å². The quantitative estimate of drug-likeness (QED) is 0.747. The van der Waals surface area contributed by atoms with Crippen molar-refractivity contribution < 1.29 is 4.79 Å². The van der Waals surface area contributed by atoms with E-state index in [0.717, 1.165) is 34.5 Å². The number of thiophene rings is 1. The van der Waals surface area contributed by atoms with Gasteiger partial charge in [-0.2, -0.15) is 0 Å². The number of hydrogen-bond acceptors (Lipinski definition) is 3. The summed E-state index contributed by atoms with van der Waals surface area (Å²) >= 11 is 1.66. The monoisotopic (exact) mass is 348 g/mol. The fourth-order valence-electron chi connectivity index (χ4n) is 3.37. The summed E-state index contributed by atoms with van der Waals surface area (Å²) in [5.41, 5.74) is 5.47. The largest absolute Gasteiger partial charge is 0.348 e. The molecule has 1 N–H and O–H groups in total. The summed E-state index contributed by atoms with van der Waals surface area (Å²) in [6.07, 6.45) is 6.49. The van der Waals surface area contributed by atoms with E-state index < -0.39 is 0 Å². The molecular formula is C21H20N2OS. The molecule has 0 saturated carbocycles. The number of nitrogens with one attached hydrogen (secondary N) is 1. The average molecular weight is 348 g/mol. The lowest BCUT2D eigenvalue weighted by Crippen LogP contribution is -2.23. The zero-order valence-electron chi connectivity index (χ0n) is 14.0. The molecule has 0 spiro atoms. The molecule has 1 aliphatic carbocycles. The minimum absolute atomic E-state index is 0.0191. The third-order valence-corrected chi connectivity index (χ3v) is 5.57. The predicted molar refractivity (Wildman–Crippen MR) is 102 cm³/mol. The number of pyridine rings is 1. The lowest BCUT2D eigenvalue weighted by molar-refractivity contribution is 0.0951. The Morgan fingerprint density at radius 2 is 1.96 bits per heavy atom. The molecule has 0 aliphatic heterocycles. The fourth-order valence-corrected chi connectivity index (χ4v) is 4.12. The van der Waals surface area contributed by atoms with E-state index in [0.29, 0.717) is 6.54 Å². The third kappa shape index (κ3) is 3.49. The molecule has 3 nitrogen and oxygen atoms in total. The topological polar surface area (TPSA) is 42.0 Å². The normalized spacial score (nSPS) is 13.3. The highest BCUT2D eigenvalue weighted by Crippen LogP contribution is 2.26. The molecule has 0 unspecified atom stereocenters. The van der Waals surface area contributed by atoms with Crippen molar-refractivity contribution in [2.45, 2.75) is 32.2 Å². The number of benzene rings is 1. The zero-order chi connectivity index (χ0) is 17.1. The third-order valence-electron chi connectivity index (χ3n) is 4.70. The van der Waals surface area contributed by atoms with Crippen LogP contribution in [0.5, 0.6) is 0 Å². The van der Waals surface area contributed by atoms with Gasteiger partial charge in [-0.25, -0.2) is 0 Å². The first-order valence-corrected chi connectivity index (χ1v) is 9.57. The van der Waals surface area contributed by atoms with E-state index >= 15 is 0 Å². The van der Waals surface area contributed by atoms with Gasteiger partial charge in [-0.05, 0) is 72.0 Å². The molecule has 2 aromatic heterocycles. The van der Waals surface area contributed by atoms with Crippen molar-refractivity contribution in [1.82, 2.24) is 10.3 Å². The second-order valence-corrected chi connectivity index (χ2v) is 7.31. The second-order valence-electron chi connectivity index (χ2n) is 6.36. The van der Waals surface area contributed by atoms with Crippen LogP contribution < -0.4 is 5.32 Å². The highest BCUT2D eigenvalue weighted by Gasteiger charge is 2.14. The van der Waals surface area contributed by atoms with Gasteiger partial charge in [0.05, 0.1) is 10.6 Å². The maximum absolute atomic E-state index is 12.6. The van der Waals surface area contributed by atoms with Gasteiger partial charge in [0, 0.05) is 18.3 Å². The van der Waals surface area contributed by atoms with E-state index in [4.69, 9.17) is 0 Å². The van der Waals surface area contributed by atoms with Gasteiger partial charge in [-0.3, -0.25) is 9.78 Å². The number of carbonyl (C=O) groups is 1. The fraction of sp³-hybridized carbons (Fsp3) is 0.238. The summed E-state index contributed by atoms with van der Waals surface area (Å²) in [5, 5.41) is 5.09. The average Bonchev–Trinajstić information content (AvgIpc) is 3.20. The second kappa shape index (κ2) is 7.19. The van der Waals surface area contributed by atoms with Crippen LogP contribution >= 0.6 is 11.3 Å². The number of aromatic nitrogens is 1. The number of fused-ring (bicyclic) bond motifs is 1. The molecular weight excluding hydrogens is 328 g/mol. The first kappa shape index (κ1) is 16.0. The molecule has 1 amide bonds. The molecule has 3 aromatic rings. The van der Waals surface area contributed by atoms with Crippen molar-refractivity contribution in [2.24, 2.45) is 0 Å². The maximum Gasteiger partial charge on any atom is 0.251 e. The number of carbonyl (C=O) groups excluding carboxylic acids is 1. The Bertz CT molecular complexity index is 887. The molecule has 0 bridgehead atoms. The van der Waals surface area contributed by atoms with Gasteiger partial charge < -0.3 is 5.32 Å². The first-order chi connectivity index (χ1) is 12.3. The van der Waals surface area contributed by atoms with Crippen LogP contribution in [0.4, 0.5) is 0 Å². The summed E-state index contributed by atoms with van der Waals surface area (Å²) in [7, 11) is 0. The lowest BCUT2D eigenvalue weighted by Gasteiger charge is -2.16. The van der Waals surface area contributed by atoms with Crippen LogP contribution in [-0.2, 0) is 19.4 Å². The molecule has 1 aliphatic rings. The van der Waals surface area contributed by atoms with E-state index in [-0.39, 0.29) is 5.91 Å². The molecule has 1 aromatic carbocycles. The van der Waals surface area contributed by atoms with Crippen LogP contribution in [0.2, 0.25) is 0 Å². The number of nitrogens with zero attached hydrogens (tertiary/aromatic N) is 1. The van der Waals surface area contributed by atoms with E-state index in [1.54, 1.807) is 17.5 Å². The molecule has 4 rings (SSSR count). The molecule has 2 heterocycles. The molecule has 0 saturated heterocycles. The predicted octanol–water partition coefficient (Wildman–Crippen LogP) is 4.62. The van der Waals surface area contributed by atoms with Gasteiger partial charge in [0.25, 0.3) is 5.91 Å². The minimum atomic E-state index is -0.0191. The van der Waals surface area contributed by atoms with Gasteiger partial charge in [0.2, 0.25) is 0 Å². The van der Waals surface area contributed by atoms with E-state index in [1.807, 2.05) is 29.6 Å². The van der Waals surface area contributed by atoms with Crippen molar-refractivity contribution in [3.05, 3.63) is 76.3 Å². The van der Waals surface area contributed by atoms with Crippen LogP contribution in [0.15, 0.2) is 54.0 Å². The van der Waals surface area contributed by atoms with Gasteiger partial charge in [0.1, 0.15) is 0 Å². The highest BCUT2D eigenvalue weighted by atomic mass is 32.1. The maximum atomic E-state index is 12.6. The van der Waals surface area contributed by atoms with Crippen molar-refractivity contribution in [2.75, 3.05) is 0 Å². The summed E-state index contributed by atoms with van der Waals surface area (Å²) < 4.78 is 0. The van der Waals surface area contributed by atoms with Crippen LogP contribution in [0.3, 0.4) is 0 Å². The number of aryl methyl sites for hydroxylation is 2. The zero-order valence-corrected chi connectivity index (χ0v) is 14.8.